The molecule has 11 nitrogen and oxygen atoms in total. The van der Waals surface area contributed by atoms with Crippen LogP contribution in [0.5, 0.6) is 0 Å². The number of hydrogen-bond donors (Lipinski definition) is 4. The predicted octanol–water partition coefficient (Wildman–Crippen LogP) is 10.6. The number of unbranched alkanes of at least 4 members (excludes halogenated alkanes) is 12. The summed E-state index contributed by atoms with van der Waals surface area (Å²) in [5, 5.41) is 21.8. The molecule has 0 aliphatic heterocycles. The van der Waals surface area contributed by atoms with Crippen molar-refractivity contribution in [3.05, 3.63) is 72.9 Å². The number of aliphatic carboxylic acids is 1. The van der Waals surface area contributed by atoms with E-state index in [1.807, 2.05) is 0 Å². The van der Waals surface area contributed by atoms with Gasteiger partial charge in [0.25, 0.3) is 0 Å². The van der Waals surface area contributed by atoms with Crippen LogP contribution in [0.1, 0.15) is 155 Å². The number of allylic oxidation sites excluding steroid dienone is 12. The molecule has 0 aromatic heterocycles. The Bertz CT molecular complexity index is 1230. The fraction of sp³-hybridized carbons (Fsp3) is 0.659. The summed E-state index contributed by atoms with van der Waals surface area (Å²) in [6.07, 6.45) is 45.0. The number of carbonyl (C=O) groups excluding carboxylic acids is 2. The monoisotopic (exact) mass is 808 g/mol. The van der Waals surface area contributed by atoms with Crippen molar-refractivity contribution in [1.29, 1.82) is 0 Å². The van der Waals surface area contributed by atoms with Crippen LogP contribution >= 0.6 is 7.82 Å². The summed E-state index contributed by atoms with van der Waals surface area (Å²) in [5.41, 5.74) is 0. The van der Waals surface area contributed by atoms with Gasteiger partial charge in [0, 0.05) is 12.8 Å². The Labute approximate surface area is 338 Å². The summed E-state index contributed by atoms with van der Waals surface area (Å²) in [4.78, 5) is 45.8. The first-order valence-corrected chi connectivity index (χ1v) is 22.5. The van der Waals surface area contributed by atoms with Crippen LogP contribution in [0.4, 0.5) is 0 Å². The smallest absolute Gasteiger partial charge is 0.472 e. The molecule has 0 saturated carbocycles. The number of nitrogens with one attached hydrogen (secondary N) is 1. The number of phosphoric ester groups is 1. The van der Waals surface area contributed by atoms with E-state index in [1.54, 1.807) is 0 Å². The Kier molecular flexibility index (Phi) is 36.6. The Morgan fingerprint density at radius 3 is 1.57 bits per heavy atom. The molecular formula is C44H74NO10P. The van der Waals surface area contributed by atoms with Crippen molar-refractivity contribution >= 4 is 25.7 Å². The number of carboxylic acid groups (broad SMARTS) is 1. The lowest BCUT2D eigenvalue weighted by atomic mass is 10.1. The molecule has 3 atom stereocenters. The van der Waals surface area contributed by atoms with Crippen LogP contribution in [0.3, 0.4) is 0 Å². The standard InChI is InChI=1S/C44H74NO10P/c1-3-5-7-9-11-13-15-16-17-18-19-20-21-22-23-24-26-28-30-32-34-36-43(48)53-37-40(46)38-54-56(51,52)55-39-41(44(49)50)45-42(47)35-33-31-29-27-25-14-12-10-8-6-4-2/h5,7,10-13,16-17,19-20,22-23,40-41,46H,3-4,6,8-9,14-15,18,21,24-39H2,1-2H3,(H,45,47)(H,49,50)(H,51,52)/b7-5-,12-10-,13-11-,17-16-,20-19-,23-22-. The number of hydrogen-bond acceptors (Lipinski definition) is 8. The lowest BCUT2D eigenvalue weighted by Crippen LogP contribution is -2.43. The zero-order valence-electron chi connectivity index (χ0n) is 34.4. The van der Waals surface area contributed by atoms with E-state index in [2.05, 4.69) is 92.1 Å². The number of aliphatic hydroxyl groups is 1. The van der Waals surface area contributed by atoms with Gasteiger partial charge in [-0.25, -0.2) is 9.36 Å². The number of esters is 1. The van der Waals surface area contributed by atoms with Gasteiger partial charge in [-0.15, -0.1) is 0 Å². The molecule has 0 saturated heterocycles. The van der Waals surface area contributed by atoms with E-state index < -0.39 is 57.6 Å². The molecule has 0 heterocycles. The van der Waals surface area contributed by atoms with E-state index in [1.165, 1.54) is 12.8 Å². The van der Waals surface area contributed by atoms with Gasteiger partial charge in [-0.3, -0.25) is 18.6 Å². The molecule has 0 rings (SSSR count). The first-order valence-electron chi connectivity index (χ1n) is 21.0. The Balaban J connectivity index is 3.94. The summed E-state index contributed by atoms with van der Waals surface area (Å²) < 4.78 is 26.8. The molecule has 0 spiro atoms. The topological polar surface area (TPSA) is 169 Å². The van der Waals surface area contributed by atoms with Gasteiger partial charge in [0.15, 0.2) is 6.04 Å². The van der Waals surface area contributed by atoms with Crippen LogP contribution in [-0.4, -0.2) is 64.9 Å². The summed E-state index contributed by atoms with van der Waals surface area (Å²) >= 11 is 0. The lowest BCUT2D eigenvalue weighted by molar-refractivity contribution is -0.147. The predicted molar refractivity (Wildman–Crippen MR) is 226 cm³/mol. The quantitative estimate of drug-likeness (QED) is 0.0204. The summed E-state index contributed by atoms with van der Waals surface area (Å²) in [6.45, 7) is 2.38. The average Bonchev–Trinajstić information content (AvgIpc) is 3.17. The summed E-state index contributed by atoms with van der Waals surface area (Å²) in [7, 11) is -4.76. The van der Waals surface area contributed by atoms with E-state index in [4.69, 9.17) is 13.8 Å². The van der Waals surface area contributed by atoms with Gasteiger partial charge in [0.05, 0.1) is 13.2 Å². The van der Waals surface area contributed by atoms with Crippen molar-refractivity contribution in [3.8, 4) is 0 Å². The normalized spacial score (nSPS) is 14.5. The number of amides is 1. The van der Waals surface area contributed by atoms with Gasteiger partial charge >= 0.3 is 19.8 Å². The number of carbonyl (C=O) groups is 3. The Morgan fingerprint density at radius 2 is 1.04 bits per heavy atom. The van der Waals surface area contributed by atoms with Crippen molar-refractivity contribution < 1.29 is 47.8 Å². The van der Waals surface area contributed by atoms with Crippen LogP contribution in [0.15, 0.2) is 72.9 Å². The average molecular weight is 808 g/mol. The number of ether oxygens (including phenoxy) is 1. The second kappa shape index (κ2) is 38.8. The molecule has 12 heteroatoms. The van der Waals surface area contributed by atoms with Gasteiger partial charge in [0.1, 0.15) is 12.7 Å². The zero-order chi connectivity index (χ0) is 41.4. The maximum absolute atomic E-state index is 12.2. The van der Waals surface area contributed by atoms with E-state index in [9.17, 15) is 34.1 Å². The van der Waals surface area contributed by atoms with Gasteiger partial charge in [0.2, 0.25) is 5.91 Å². The summed E-state index contributed by atoms with van der Waals surface area (Å²) in [5.74, 6) is -2.42. The molecule has 4 N–H and O–H groups in total. The van der Waals surface area contributed by atoms with Crippen LogP contribution in [0.2, 0.25) is 0 Å². The largest absolute Gasteiger partial charge is 0.480 e. The fourth-order valence-corrected chi connectivity index (χ4v) is 5.98. The highest BCUT2D eigenvalue weighted by atomic mass is 31.2. The molecule has 0 fully saturated rings. The van der Waals surface area contributed by atoms with E-state index in [-0.39, 0.29) is 12.8 Å². The van der Waals surface area contributed by atoms with Crippen molar-refractivity contribution in [3.63, 3.8) is 0 Å². The van der Waals surface area contributed by atoms with Crippen molar-refractivity contribution in [2.24, 2.45) is 0 Å². The number of rotatable bonds is 38. The minimum Gasteiger partial charge on any atom is -0.480 e. The van der Waals surface area contributed by atoms with Crippen LogP contribution in [0.25, 0.3) is 0 Å². The van der Waals surface area contributed by atoms with Gasteiger partial charge in [-0.2, -0.15) is 0 Å². The zero-order valence-corrected chi connectivity index (χ0v) is 35.3. The Hall–Kier alpha value is -3.08. The highest BCUT2D eigenvalue weighted by Gasteiger charge is 2.28. The lowest BCUT2D eigenvalue weighted by Gasteiger charge is -2.18. The van der Waals surface area contributed by atoms with Gasteiger partial charge in [-0.05, 0) is 77.0 Å². The highest BCUT2D eigenvalue weighted by Crippen LogP contribution is 2.43. The number of carboxylic acids is 1. The number of aliphatic hydroxyl groups excluding tert-OH is 1. The van der Waals surface area contributed by atoms with E-state index in [0.717, 1.165) is 103 Å². The number of phosphoric acid groups is 1. The van der Waals surface area contributed by atoms with Crippen molar-refractivity contribution in [2.75, 3.05) is 19.8 Å². The molecule has 320 valence electrons. The highest BCUT2D eigenvalue weighted by molar-refractivity contribution is 7.47. The second-order valence-corrected chi connectivity index (χ2v) is 15.2. The fourth-order valence-electron chi connectivity index (χ4n) is 5.20. The SMILES string of the molecule is CC/C=C\C/C=C\C/C=C\C/C=C\C/C=C\CCCCCCCC(=O)OCC(O)COP(=O)(O)OCC(NC(=O)CCCCCCC/C=C\CCCC)C(=O)O. The molecule has 1 amide bonds. The van der Waals surface area contributed by atoms with Gasteiger partial charge < -0.3 is 25.2 Å². The maximum atomic E-state index is 12.2. The molecule has 0 bridgehead atoms. The summed E-state index contributed by atoms with van der Waals surface area (Å²) in [6, 6.07) is -1.55. The third kappa shape index (κ3) is 37.8. The maximum Gasteiger partial charge on any atom is 0.472 e. The third-order valence-corrected chi connectivity index (χ3v) is 9.43. The molecule has 3 unspecified atom stereocenters. The molecule has 0 aromatic rings. The first-order chi connectivity index (χ1) is 27.1. The van der Waals surface area contributed by atoms with Gasteiger partial charge in [-0.1, -0.05) is 138 Å². The third-order valence-electron chi connectivity index (χ3n) is 8.48. The second-order valence-electron chi connectivity index (χ2n) is 13.8. The van der Waals surface area contributed by atoms with Crippen LogP contribution < -0.4 is 5.32 Å². The van der Waals surface area contributed by atoms with E-state index in [0.29, 0.717) is 12.8 Å². The van der Waals surface area contributed by atoms with Crippen molar-refractivity contribution in [2.45, 2.75) is 167 Å². The van der Waals surface area contributed by atoms with E-state index >= 15 is 0 Å². The van der Waals surface area contributed by atoms with Crippen LogP contribution in [-0.2, 0) is 32.7 Å². The molecule has 0 aliphatic carbocycles. The Morgan fingerprint density at radius 1 is 0.589 bits per heavy atom. The minimum absolute atomic E-state index is 0.130. The first kappa shape index (κ1) is 52.9. The molecule has 0 radical (unpaired) electrons. The molecule has 0 aliphatic rings. The van der Waals surface area contributed by atoms with Crippen LogP contribution in [0, 0.1) is 0 Å². The molecule has 56 heavy (non-hydrogen) atoms. The molecule has 0 aromatic carbocycles. The minimum atomic E-state index is -4.76. The molecular weight excluding hydrogens is 733 g/mol. The van der Waals surface area contributed by atoms with Crippen molar-refractivity contribution in [1.82, 2.24) is 5.32 Å².